The van der Waals surface area contributed by atoms with Crippen molar-refractivity contribution in [3.8, 4) is 11.8 Å². The number of anilines is 1. The zero-order valence-electron chi connectivity index (χ0n) is 12.4. The van der Waals surface area contributed by atoms with Gasteiger partial charge in [-0.25, -0.2) is 9.78 Å². The fourth-order valence-electron chi connectivity index (χ4n) is 2.51. The first kappa shape index (κ1) is 14.2. The van der Waals surface area contributed by atoms with Crippen molar-refractivity contribution in [1.82, 2.24) is 10.3 Å². The Bertz CT molecular complexity index is 731. The molecule has 4 heteroatoms. The van der Waals surface area contributed by atoms with Crippen molar-refractivity contribution in [2.45, 2.75) is 19.4 Å². The summed E-state index contributed by atoms with van der Waals surface area (Å²) in [5, 5.41) is 2.96. The number of carbonyl (C=O) groups excluding carboxylic acids is 1. The zero-order chi connectivity index (χ0) is 15.4. The van der Waals surface area contributed by atoms with E-state index < -0.39 is 0 Å². The molecule has 1 aliphatic rings. The van der Waals surface area contributed by atoms with Crippen LogP contribution in [0.1, 0.15) is 30.6 Å². The van der Waals surface area contributed by atoms with Crippen LogP contribution in [0.4, 0.5) is 10.5 Å². The molecule has 1 unspecified atom stereocenters. The highest BCUT2D eigenvalue weighted by atomic mass is 16.2. The average Bonchev–Trinajstić information content (AvgIpc) is 2.57. The van der Waals surface area contributed by atoms with Gasteiger partial charge in [0.1, 0.15) is 11.7 Å². The molecule has 0 spiro atoms. The number of rotatable bonds is 2. The summed E-state index contributed by atoms with van der Waals surface area (Å²) in [6, 6.07) is 13.1. The number of pyridine rings is 1. The fraction of sp³-hybridized carbons (Fsp3) is 0.222. The number of urea groups is 1. The van der Waals surface area contributed by atoms with Gasteiger partial charge in [-0.05, 0) is 30.5 Å². The molecule has 0 bridgehead atoms. The minimum atomic E-state index is -0.307. The molecular weight excluding hydrogens is 274 g/mol. The first-order valence-corrected chi connectivity index (χ1v) is 7.39. The minimum Gasteiger partial charge on any atom is -0.320 e. The maximum atomic E-state index is 12.3. The van der Waals surface area contributed by atoms with Crippen LogP contribution < -0.4 is 10.2 Å². The van der Waals surface area contributed by atoms with Gasteiger partial charge in [0.2, 0.25) is 0 Å². The number of para-hydroxylation sites is 1. The highest BCUT2D eigenvalue weighted by Crippen LogP contribution is 2.30. The SMILES string of the molecule is CCCN1C(=O)NC(C#Cc2ccccn2)c2ccccc21. The molecule has 0 saturated heterocycles. The Hall–Kier alpha value is -2.80. The molecule has 4 nitrogen and oxygen atoms in total. The Labute approximate surface area is 130 Å². The van der Waals surface area contributed by atoms with E-state index in [4.69, 9.17) is 0 Å². The summed E-state index contributed by atoms with van der Waals surface area (Å²) in [7, 11) is 0. The molecule has 1 N–H and O–H groups in total. The maximum absolute atomic E-state index is 12.3. The van der Waals surface area contributed by atoms with E-state index >= 15 is 0 Å². The van der Waals surface area contributed by atoms with Crippen molar-refractivity contribution < 1.29 is 4.79 Å². The Morgan fingerprint density at radius 1 is 1.23 bits per heavy atom. The molecule has 22 heavy (non-hydrogen) atoms. The quantitative estimate of drug-likeness (QED) is 0.864. The van der Waals surface area contributed by atoms with Crippen molar-refractivity contribution >= 4 is 11.7 Å². The molecule has 0 aliphatic carbocycles. The lowest BCUT2D eigenvalue weighted by molar-refractivity contribution is 0.243. The van der Waals surface area contributed by atoms with Gasteiger partial charge in [-0.2, -0.15) is 0 Å². The van der Waals surface area contributed by atoms with E-state index in [-0.39, 0.29) is 12.1 Å². The standard InChI is InChI=1S/C18H17N3O/c1-2-13-21-17-9-4-3-8-15(17)16(20-18(21)22)11-10-14-7-5-6-12-19-14/h3-9,12,16H,2,13H2,1H3,(H,20,22). The monoisotopic (exact) mass is 291 g/mol. The van der Waals surface area contributed by atoms with Gasteiger partial charge >= 0.3 is 6.03 Å². The zero-order valence-corrected chi connectivity index (χ0v) is 12.4. The molecular formula is C18H17N3O. The molecule has 0 fully saturated rings. The number of aromatic nitrogens is 1. The van der Waals surface area contributed by atoms with Crippen molar-refractivity contribution in [1.29, 1.82) is 0 Å². The van der Waals surface area contributed by atoms with E-state index in [0.29, 0.717) is 12.2 Å². The second-order valence-corrected chi connectivity index (χ2v) is 5.08. The highest BCUT2D eigenvalue weighted by molar-refractivity contribution is 5.96. The summed E-state index contributed by atoms with van der Waals surface area (Å²) in [4.78, 5) is 18.3. The highest BCUT2D eigenvalue weighted by Gasteiger charge is 2.28. The van der Waals surface area contributed by atoms with E-state index in [0.717, 1.165) is 17.7 Å². The van der Waals surface area contributed by atoms with E-state index in [2.05, 4.69) is 29.1 Å². The summed E-state index contributed by atoms with van der Waals surface area (Å²) < 4.78 is 0. The van der Waals surface area contributed by atoms with E-state index in [1.54, 1.807) is 11.1 Å². The van der Waals surface area contributed by atoms with Crippen molar-refractivity contribution in [2.24, 2.45) is 0 Å². The van der Waals surface area contributed by atoms with Gasteiger partial charge in [0, 0.05) is 18.3 Å². The number of fused-ring (bicyclic) bond motifs is 1. The summed E-state index contributed by atoms with van der Waals surface area (Å²) in [6.45, 7) is 2.76. The lowest BCUT2D eigenvalue weighted by Crippen LogP contribution is -2.46. The Balaban J connectivity index is 1.95. The van der Waals surface area contributed by atoms with Gasteiger partial charge < -0.3 is 5.32 Å². The molecule has 1 aromatic carbocycles. The maximum Gasteiger partial charge on any atom is 0.323 e. The number of hydrogen-bond donors (Lipinski definition) is 1. The van der Waals surface area contributed by atoms with E-state index in [1.807, 2.05) is 42.5 Å². The van der Waals surface area contributed by atoms with Gasteiger partial charge in [-0.15, -0.1) is 0 Å². The number of hydrogen-bond acceptors (Lipinski definition) is 2. The molecule has 2 heterocycles. The largest absolute Gasteiger partial charge is 0.323 e. The average molecular weight is 291 g/mol. The van der Waals surface area contributed by atoms with Crippen LogP contribution in [0.25, 0.3) is 0 Å². The molecule has 0 saturated carbocycles. The molecule has 1 atom stereocenters. The van der Waals surface area contributed by atoms with Crippen molar-refractivity contribution in [2.75, 3.05) is 11.4 Å². The molecule has 1 aromatic heterocycles. The van der Waals surface area contributed by atoms with Crippen LogP contribution >= 0.6 is 0 Å². The van der Waals surface area contributed by atoms with Crippen LogP contribution in [0.5, 0.6) is 0 Å². The van der Waals surface area contributed by atoms with Gasteiger partial charge in [-0.3, -0.25) is 4.90 Å². The van der Waals surface area contributed by atoms with Crippen molar-refractivity contribution in [3.63, 3.8) is 0 Å². The topological polar surface area (TPSA) is 45.2 Å². The van der Waals surface area contributed by atoms with Crippen molar-refractivity contribution in [3.05, 3.63) is 59.9 Å². The Morgan fingerprint density at radius 3 is 2.82 bits per heavy atom. The number of nitrogens with one attached hydrogen (secondary N) is 1. The Kier molecular flexibility index (Phi) is 4.06. The van der Waals surface area contributed by atoms with Crippen LogP contribution in [-0.4, -0.2) is 17.6 Å². The number of carbonyl (C=O) groups is 1. The van der Waals surface area contributed by atoms with Crippen LogP contribution in [0.3, 0.4) is 0 Å². The first-order valence-electron chi connectivity index (χ1n) is 7.39. The van der Waals surface area contributed by atoms with E-state index in [9.17, 15) is 4.79 Å². The molecule has 2 aromatic rings. The smallest absolute Gasteiger partial charge is 0.320 e. The van der Waals surface area contributed by atoms with Crippen LogP contribution in [0.15, 0.2) is 48.7 Å². The van der Waals surface area contributed by atoms with Gasteiger partial charge in [0.25, 0.3) is 0 Å². The summed E-state index contributed by atoms with van der Waals surface area (Å²) in [5.41, 5.74) is 2.66. The third kappa shape index (κ3) is 2.79. The predicted octanol–water partition coefficient (Wildman–Crippen LogP) is 3.11. The number of benzene rings is 1. The molecule has 3 rings (SSSR count). The Morgan fingerprint density at radius 2 is 2.05 bits per heavy atom. The lowest BCUT2D eigenvalue weighted by atomic mass is 10.0. The van der Waals surface area contributed by atoms with E-state index in [1.165, 1.54) is 0 Å². The van der Waals surface area contributed by atoms with Gasteiger partial charge in [0.05, 0.1) is 5.69 Å². The summed E-state index contributed by atoms with van der Waals surface area (Å²) in [6.07, 6.45) is 2.62. The third-order valence-electron chi connectivity index (χ3n) is 3.51. The predicted molar refractivity (Wildman–Crippen MR) is 86.5 cm³/mol. The molecule has 0 radical (unpaired) electrons. The molecule has 2 amide bonds. The van der Waals surface area contributed by atoms with Gasteiger partial charge in [0.15, 0.2) is 0 Å². The lowest BCUT2D eigenvalue weighted by Gasteiger charge is -2.32. The minimum absolute atomic E-state index is 0.0964. The third-order valence-corrected chi connectivity index (χ3v) is 3.51. The summed E-state index contributed by atoms with van der Waals surface area (Å²) in [5.74, 6) is 6.14. The molecule has 110 valence electrons. The fourth-order valence-corrected chi connectivity index (χ4v) is 2.51. The van der Waals surface area contributed by atoms with Gasteiger partial charge in [-0.1, -0.05) is 37.1 Å². The van der Waals surface area contributed by atoms with Crippen LogP contribution in [0, 0.1) is 11.8 Å². The normalized spacial score (nSPS) is 16.3. The first-order chi connectivity index (χ1) is 10.8. The second-order valence-electron chi connectivity index (χ2n) is 5.08. The second kappa shape index (κ2) is 6.31. The van der Waals surface area contributed by atoms with Crippen LogP contribution in [0.2, 0.25) is 0 Å². The summed E-state index contributed by atoms with van der Waals surface area (Å²) >= 11 is 0. The number of nitrogens with zero attached hydrogens (tertiary/aromatic N) is 2. The van der Waals surface area contributed by atoms with Crippen LogP contribution in [-0.2, 0) is 0 Å². The molecule has 1 aliphatic heterocycles. The number of amides is 2.